The number of halogens is 3. The number of likely N-dealkylation sites (tertiary alicyclic amines) is 1. The molecule has 1 aromatic carbocycles. The van der Waals surface area contributed by atoms with Crippen LogP contribution in [0.5, 0.6) is 0 Å². The number of benzene rings is 1. The van der Waals surface area contributed by atoms with Gasteiger partial charge in [-0.3, -0.25) is 4.99 Å². The van der Waals surface area contributed by atoms with E-state index in [4.69, 9.17) is 0 Å². The second-order valence-corrected chi connectivity index (χ2v) is 7.98. The summed E-state index contributed by atoms with van der Waals surface area (Å²) in [6.07, 6.45) is 2.31. The number of aliphatic imine (C=N–C) groups is 1. The van der Waals surface area contributed by atoms with E-state index in [0.29, 0.717) is 17.8 Å². The van der Waals surface area contributed by atoms with Crippen LogP contribution in [-0.2, 0) is 0 Å². The first-order valence-corrected chi connectivity index (χ1v) is 9.61. The number of hydrogen-bond donors (Lipinski definition) is 1. The highest BCUT2D eigenvalue weighted by atomic mass is 127. The molecule has 0 saturated carbocycles. The molecule has 152 valence electrons. The molecule has 0 aliphatic carbocycles. The molecule has 1 N–H and O–H groups in total. The summed E-state index contributed by atoms with van der Waals surface area (Å²) in [6, 6.07) is 4.15. The van der Waals surface area contributed by atoms with E-state index in [-0.39, 0.29) is 24.0 Å². The summed E-state index contributed by atoms with van der Waals surface area (Å²) in [5.74, 6) is 1.26. The first-order chi connectivity index (χ1) is 12.5. The molecule has 2 saturated heterocycles. The smallest absolute Gasteiger partial charge is 0.193 e. The maximum Gasteiger partial charge on any atom is 0.193 e. The van der Waals surface area contributed by atoms with Crippen molar-refractivity contribution in [3.05, 3.63) is 29.8 Å². The molecule has 2 fully saturated rings. The van der Waals surface area contributed by atoms with Crippen LogP contribution in [0.15, 0.2) is 23.2 Å². The number of hydrogen-bond acceptors (Lipinski definition) is 2. The molecule has 0 bridgehead atoms. The molecule has 2 aliphatic rings. The molecule has 27 heavy (non-hydrogen) atoms. The molecule has 3 atom stereocenters. The van der Waals surface area contributed by atoms with Crippen molar-refractivity contribution in [2.24, 2.45) is 22.7 Å². The van der Waals surface area contributed by atoms with Crippen molar-refractivity contribution < 1.29 is 8.78 Å². The lowest BCUT2D eigenvalue weighted by Crippen LogP contribution is -2.49. The SMILES string of the molecule is CN=C(NCC1CCN(c2ccc(F)c(F)c2)C1)N1CC(C)CC(C)C1.I. The van der Waals surface area contributed by atoms with Crippen molar-refractivity contribution in [1.82, 2.24) is 10.2 Å². The number of nitrogens with zero attached hydrogens (tertiary/aromatic N) is 3. The molecule has 0 amide bonds. The maximum absolute atomic E-state index is 13.5. The predicted octanol–water partition coefficient (Wildman–Crippen LogP) is 3.96. The predicted molar refractivity (Wildman–Crippen MR) is 118 cm³/mol. The summed E-state index contributed by atoms with van der Waals surface area (Å²) < 4.78 is 26.6. The Balaban J connectivity index is 0.00000261. The molecule has 0 spiro atoms. The second kappa shape index (κ2) is 9.89. The lowest BCUT2D eigenvalue weighted by molar-refractivity contribution is 0.208. The standard InChI is InChI=1S/C20H30F2N4.HI/c1-14-8-15(2)12-26(11-14)20(23-3)24-10-16-6-7-25(13-16)17-4-5-18(21)19(22)9-17;/h4-5,9,14-16H,6-8,10-13H2,1-3H3,(H,23,24);1H. The van der Waals surface area contributed by atoms with E-state index in [1.54, 1.807) is 6.07 Å². The zero-order valence-electron chi connectivity index (χ0n) is 16.4. The Bertz CT molecular complexity index is 645. The van der Waals surface area contributed by atoms with Crippen molar-refractivity contribution in [1.29, 1.82) is 0 Å². The third-order valence-electron chi connectivity index (χ3n) is 5.48. The molecule has 0 radical (unpaired) electrons. The van der Waals surface area contributed by atoms with E-state index in [9.17, 15) is 8.78 Å². The Morgan fingerprint density at radius 1 is 1.15 bits per heavy atom. The summed E-state index contributed by atoms with van der Waals surface area (Å²) in [5, 5.41) is 3.53. The average Bonchev–Trinajstić information content (AvgIpc) is 3.06. The Morgan fingerprint density at radius 2 is 1.85 bits per heavy atom. The molecular formula is C20H31F2IN4. The first kappa shape index (κ1) is 22.2. The van der Waals surface area contributed by atoms with Crippen LogP contribution in [0, 0.1) is 29.4 Å². The van der Waals surface area contributed by atoms with E-state index in [1.165, 1.54) is 18.6 Å². The second-order valence-electron chi connectivity index (χ2n) is 7.98. The van der Waals surface area contributed by atoms with Gasteiger partial charge in [0.25, 0.3) is 0 Å². The number of nitrogens with one attached hydrogen (secondary N) is 1. The van der Waals surface area contributed by atoms with Gasteiger partial charge in [-0.1, -0.05) is 13.8 Å². The molecule has 3 rings (SSSR count). The van der Waals surface area contributed by atoms with Gasteiger partial charge in [-0.25, -0.2) is 8.78 Å². The van der Waals surface area contributed by atoms with Gasteiger partial charge in [0.15, 0.2) is 17.6 Å². The fraction of sp³-hybridized carbons (Fsp3) is 0.650. The van der Waals surface area contributed by atoms with Crippen molar-refractivity contribution in [2.45, 2.75) is 26.7 Å². The molecule has 4 nitrogen and oxygen atoms in total. The normalized spacial score (nSPS) is 26.1. The number of anilines is 1. The molecule has 2 aliphatic heterocycles. The van der Waals surface area contributed by atoms with Gasteiger partial charge < -0.3 is 15.1 Å². The van der Waals surface area contributed by atoms with Gasteiger partial charge in [0.1, 0.15) is 0 Å². The fourth-order valence-corrected chi connectivity index (χ4v) is 4.32. The Morgan fingerprint density at radius 3 is 2.48 bits per heavy atom. The molecule has 3 unspecified atom stereocenters. The van der Waals surface area contributed by atoms with E-state index in [1.807, 2.05) is 7.05 Å². The summed E-state index contributed by atoms with van der Waals surface area (Å²) in [7, 11) is 1.84. The quantitative estimate of drug-likeness (QED) is 0.394. The van der Waals surface area contributed by atoms with Crippen LogP contribution in [0.3, 0.4) is 0 Å². The van der Waals surface area contributed by atoms with Crippen LogP contribution in [0.1, 0.15) is 26.7 Å². The highest BCUT2D eigenvalue weighted by Crippen LogP contribution is 2.25. The van der Waals surface area contributed by atoms with Gasteiger partial charge in [0, 0.05) is 51.5 Å². The lowest BCUT2D eigenvalue weighted by Gasteiger charge is -2.37. The summed E-state index contributed by atoms with van der Waals surface area (Å²) in [5.41, 5.74) is 0.759. The summed E-state index contributed by atoms with van der Waals surface area (Å²) in [4.78, 5) is 8.96. The van der Waals surface area contributed by atoms with Crippen LogP contribution in [0.4, 0.5) is 14.5 Å². The topological polar surface area (TPSA) is 30.9 Å². The van der Waals surface area contributed by atoms with Crippen molar-refractivity contribution in [3.63, 3.8) is 0 Å². The van der Waals surface area contributed by atoms with Crippen LogP contribution < -0.4 is 10.2 Å². The molecule has 0 aromatic heterocycles. The minimum atomic E-state index is -0.792. The average molecular weight is 492 g/mol. The van der Waals surface area contributed by atoms with E-state index in [2.05, 4.69) is 34.0 Å². The number of piperidine rings is 1. The molecular weight excluding hydrogens is 461 g/mol. The summed E-state index contributed by atoms with van der Waals surface area (Å²) in [6.45, 7) is 9.27. The van der Waals surface area contributed by atoms with Crippen LogP contribution in [0.2, 0.25) is 0 Å². The van der Waals surface area contributed by atoms with Gasteiger partial charge in [-0.05, 0) is 42.7 Å². The highest BCUT2D eigenvalue weighted by molar-refractivity contribution is 14.0. The van der Waals surface area contributed by atoms with Crippen molar-refractivity contribution in [2.75, 3.05) is 44.7 Å². The van der Waals surface area contributed by atoms with Crippen LogP contribution >= 0.6 is 24.0 Å². The Labute approximate surface area is 178 Å². The molecule has 7 heteroatoms. The highest BCUT2D eigenvalue weighted by Gasteiger charge is 2.26. The van der Waals surface area contributed by atoms with E-state index < -0.39 is 11.6 Å². The van der Waals surface area contributed by atoms with Gasteiger partial charge >= 0.3 is 0 Å². The monoisotopic (exact) mass is 492 g/mol. The minimum Gasteiger partial charge on any atom is -0.371 e. The minimum absolute atomic E-state index is 0. The van der Waals surface area contributed by atoms with Gasteiger partial charge in [0.2, 0.25) is 0 Å². The van der Waals surface area contributed by atoms with Crippen molar-refractivity contribution in [3.8, 4) is 0 Å². The largest absolute Gasteiger partial charge is 0.371 e. The fourth-order valence-electron chi connectivity index (χ4n) is 4.32. The molecule has 2 heterocycles. The van der Waals surface area contributed by atoms with E-state index in [0.717, 1.165) is 50.8 Å². The van der Waals surface area contributed by atoms with E-state index >= 15 is 0 Å². The zero-order chi connectivity index (χ0) is 18.7. The Hall–Kier alpha value is -1.12. The maximum atomic E-state index is 13.5. The summed E-state index contributed by atoms with van der Waals surface area (Å²) >= 11 is 0. The third kappa shape index (κ3) is 5.68. The van der Waals surface area contributed by atoms with Crippen LogP contribution in [-0.4, -0.2) is 50.6 Å². The van der Waals surface area contributed by atoms with Crippen molar-refractivity contribution >= 4 is 35.6 Å². The van der Waals surface area contributed by atoms with Gasteiger partial charge in [-0.2, -0.15) is 0 Å². The van der Waals surface area contributed by atoms with Crippen LogP contribution in [0.25, 0.3) is 0 Å². The number of rotatable bonds is 3. The molecule has 1 aromatic rings. The zero-order valence-corrected chi connectivity index (χ0v) is 18.8. The van der Waals surface area contributed by atoms with Gasteiger partial charge in [-0.15, -0.1) is 24.0 Å². The first-order valence-electron chi connectivity index (χ1n) is 9.61. The lowest BCUT2D eigenvalue weighted by atomic mass is 9.92. The third-order valence-corrected chi connectivity index (χ3v) is 5.48. The number of guanidine groups is 1. The Kier molecular flexibility index (Phi) is 8.12. The van der Waals surface area contributed by atoms with Gasteiger partial charge in [0.05, 0.1) is 0 Å².